The van der Waals surface area contributed by atoms with Crippen molar-refractivity contribution in [2.24, 2.45) is 5.73 Å². The number of nitrogens with one attached hydrogen (secondary N) is 14. The van der Waals surface area contributed by atoms with Crippen LogP contribution in [0.2, 0.25) is 0 Å². The highest BCUT2D eigenvalue weighted by Crippen LogP contribution is 2.24. The number of benzene rings is 3. The number of hydrogen-bond acceptors (Lipinski definition) is 25. The first-order chi connectivity index (χ1) is 57.5. The molecule has 6 aromatic rings. The number of amides is 10. The molecule has 0 aliphatic carbocycles. The Morgan fingerprint density at radius 2 is 0.647 bits per heavy atom. The van der Waals surface area contributed by atoms with Gasteiger partial charge in [0.2, 0.25) is 59.1 Å². The van der Waals surface area contributed by atoms with Crippen LogP contribution < -0.4 is 64.2 Å². The van der Waals surface area contributed by atoms with E-state index in [2.05, 4.69) is 111 Å². The molecule has 0 saturated heterocycles. The predicted octanol–water partition coefficient (Wildman–Crippen LogP) is 1.83. The Bertz CT molecular complexity index is 3880. The van der Waals surface area contributed by atoms with E-state index >= 15 is 0 Å². The molecule has 0 radical (unpaired) electrons. The molecule has 35 nitrogen and oxygen atoms in total. The van der Waals surface area contributed by atoms with Crippen LogP contribution in [0.3, 0.4) is 0 Å². The van der Waals surface area contributed by atoms with Gasteiger partial charge in [-0.3, -0.25) is 47.9 Å². The van der Waals surface area contributed by atoms with Crippen molar-refractivity contribution in [1.82, 2.24) is 73.4 Å². The van der Waals surface area contributed by atoms with Crippen LogP contribution in [0.1, 0.15) is 89.8 Å². The number of ether oxygens (including phenoxy) is 10. The highest BCUT2D eigenvalue weighted by Gasteiger charge is 2.37. The predicted molar refractivity (Wildman–Crippen MR) is 459 cm³/mol. The van der Waals surface area contributed by atoms with Crippen molar-refractivity contribution in [3.05, 3.63) is 108 Å². The Labute approximate surface area is 711 Å². The molecular formula is C81H123N15O20S3. The molecular weight excluding hydrogens is 1600 g/mol. The first kappa shape index (κ1) is 99.4. The lowest BCUT2D eigenvalue weighted by Crippen LogP contribution is -2.57. The smallest absolute Gasteiger partial charge is 0.380 e. The maximum Gasteiger partial charge on any atom is 0.413 e. The second kappa shape index (κ2) is 56.2. The van der Waals surface area contributed by atoms with Gasteiger partial charge in [0.25, 0.3) is 0 Å². The molecule has 10 amide bonds. The van der Waals surface area contributed by atoms with E-state index in [-0.39, 0.29) is 193 Å². The molecule has 6 unspecified atom stereocenters. The fraction of sp³-hybridized carbons (Fsp3) is 0.580. The van der Waals surface area contributed by atoms with E-state index in [1.165, 1.54) is 0 Å². The summed E-state index contributed by atoms with van der Waals surface area (Å²) < 4.78 is 59.2. The molecule has 0 saturated carbocycles. The highest BCUT2D eigenvalue weighted by molar-refractivity contribution is 7.80. The Morgan fingerprint density at radius 3 is 0.958 bits per heavy atom. The fourth-order valence-electron chi connectivity index (χ4n) is 12.0. The van der Waals surface area contributed by atoms with Crippen LogP contribution in [0.25, 0.3) is 32.7 Å². The van der Waals surface area contributed by atoms with E-state index in [0.717, 1.165) is 62.2 Å². The third-order valence-corrected chi connectivity index (χ3v) is 19.0. The van der Waals surface area contributed by atoms with Gasteiger partial charge in [-0.25, -0.2) is 0 Å². The average Bonchev–Trinajstić information content (AvgIpc) is 1.69. The van der Waals surface area contributed by atoms with Gasteiger partial charge in [-0.2, -0.15) is 37.9 Å². The van der Waals surface area contributed by atoms with Crippen molar-refractivity contribution in [3.8, 4) is 0 Å². The normalized spacial score (nSPS) is 13.6. The summed E-state index contributed by atoms with van der Waals surface area (Å²) >= 11 is 13.1. The minimum absolute atomic E-state index is 0.00199. The molecule has 6 rings (SSSR count). The average molecular weight is 1720 g/mol. The standard InChI is InChI=1S/C81H123N15O20S3/c1-6-30-107-33-25-83-70(97)20-22-72(99)91-67(52-117)77(104)93-64(46-55-49-88-61-17-11-8-14-58(55)61)74(101)85-27-35-110-39-43-114-81(113-42-38-109-32-24-82,116-45-41-112-37-29-87-76(103)66(95-79(106)69(54-119)96-80(3,4)5)48-57-51-90-63-19-13-10-16-60(57)63)115-44-40-111-36-28-86-75(102)65(47-56-50-89-62-18-12-9-15-59(56)62)94-78(105)68(53-118)92-73(100)23-21-71(98)84-26-34-108-31-7-2/h8-19,49-51,64-69,88-90,96,117-119H,6-7,20-48,52-54,82H2,1-5H3,(H,83,97)(H,84,98)(H,85,101)(H,86,102)(H,87,103)(H,91,99)(H,92,100)(H,93,104)(H,94,105)(H,95,106). The van der Waals surface area contributed by atoms with Crippen molar-refractivity contribution in [2.75, 3.05) is 162 Å². The SMILES string of the molecule is CCCOCCNC(=O)CCC(=O)NC(CS)C(=O)NC(Cc1c[nH]c2ccccc12)C(=O)NCCOCCOC(OCCOCCN)(OCCOCCNC(=O)C(Cc1c[nH]c2ccccc12)NC(=O)C(CS)NC(=O)CCC(=O)NCCOCCC)OCCOCCNC(=O)C(Cc1c[nH]c2ccccc12)NC(=O)C(CS)NC(C)(C)C. The Kier molecular flexibility index (Phi) is 46.9. The molecule has 660 valence electrons. The molecule has 3 aromatic carbocycles. The van der Waals surface area contributed by atoms with Gasteiger partial charge in [0.1, 0.15) is 30.2 Å². The van der Waals surface area contributed by atoms with Gasteiger partial charge >= 0.3 is 6.16 Å². The van der Waals surface area contributed by atoms with Crippen LogP contribution in [-0.2, 0) is 115 Å². The number of fused-ring (bicyclic) bond motifs is 3. The van der Waals surface area contributed by atoms with E-state index in [0.29, 0.717) is 26.4 Å². The lowest BCUT2D eigenvalue weighted by atomic mass is 10.0. The van der Waals surface area contributed by atoms with Gasteiger partial charge < -0.3 is 127 Å². The molecule has 38 heteroatoms. The molecule has 119 heavy (non-hydrogen) atoms. The maximum atomic E-state index is 14.1. The topological polar surface area (TPSA) is 469 Å². The van der Waals surface area contributed by atoms with Crippen LogP contribution in [0.15, 0.2) is 91.4 Å². The van der Waals surface area contributed by atoms with Crippen LogP contribution in [0.4, 0.5) is 0 Å². The van der Waals surface area contributed by atoms with Gasteiger partial charge in [0, 0.05) is 172 Å². The van der Waals surface area contributed by atoms with Crippen molar-refractivity contribution in [3.63, 3.8) is 0 Å². The van der Waals surface area contributed by atoms with Gasteiger partial charge in [-0.1, -0.05) is 68.4 Å². The number of carbonyl (C=O) groups is 10. The molecule has 0 fully saturated rings. The molecule has 6 atom stereocenters. The van der Waals surface area contributed by atoms with E-state index < -0.39 is 95.2 Å². The van der Waals surface area contributed by atoms with Crippen LogP contribution >= 0.6 is 37.9 Å². The lowest BCUT2D eigenvalue weighted by Gasteiger charge is -2.32. The van der Waals surface area contributed by atoms with Crippen molar-refractivity contribution in [2.45, 2.75) is 140 Å². The Hall–Kier alpha value is -8.45. The van der Waals surface area contributed by atoms with E-state index in [9.17, 15) is 47.9 Å². The summed E-state index contributed by atoms with van der Waals surface area (Å²) in [6, 6.07) is 16.3. The Balaban J connectivity index is 1.10. The summed E-state index contributed by atoms with van der Waals surface area (Å²) in [6.45, 7) is 11.2. The molecule has 0 spiro atoms. The van der Waals surface area contributed by atoms with Crippen LogP contribution in [-0.4, -0.2) is 284 Å². The van der Waals surface area contributed by atoms with Crippen molar-refractivity contribution in [1.29, 1.82) is 0 Å². The number of carbonyl (C=O) groups excluding carboxylic acids is 10. The number of nitrogens with two attached hydrogens (primary N) is 1. The third-order valence-electron chi connectivity index (χ3n) is 17.9. The van der Waals surface area contributed by atoms with Crippen molar-refractivity contribution < 1.29 is 95.3 Å². The van der Waals surface area contributed by atoms with E-state index in [1.54, 1.807) is 12.4 Å². The van der Waals surface area contributed by atoms with Crippen LogP contribution in [0.5, 0.6) is 0 Å². The van der Waals surface area contributed by atoms with Crippen LogP contribution in [0, 0.1) is 0 Å². The number of H-pyrrole nitrogens is 3. The number of para-hydroxylation sites is 3. The minimum atomic E-state index is -2.29. The zero-order valence-electron chi connectivity index (χ0n) is 68.7. The summed E-state index contributed by atoms with van der Waals surface area (Å²) in [4.78, 5) is 144. The zero-order valence-corrected chi connectivity index (χ0v) is 71.4. The summed E-state index contributed by atoms with van der Waals surface area (Å²) in [5.41, 5.74) is 10.1. The molecule has 3 heterocycles. The number of thiol groups is 3. The minimum Gasteiger partial charge on any atom is -0.380 e. The first-order valence-corrected chi connectivity index (χ1v) is 42.3. The summed E-state index contributed by atoms with van der Waals surface area (Å²) in [5, 5.41) is 33.6. The largest absolute Gasteiger partial charge is 0.413 e. The lowest BCUT2D eigenvalue weighted by molar-refractivity contribution is -0.501. The van der Waals surface area contributed by atoms with Gasteiger partial charge in [-0.05, 0) is 68.5 Å². The maximum absolute atomic E-state index is 14.1. The second-order valence-electron chi connectivity index (χ2n) is 28.5. The Morgan fingerprint density at radius 1 is 0.353 bits per heavy atom. The van der Waals surface area contributed by atoms with Gasteiger partial charge in [0.05, 0.1) is 98.5 Å². The summed E-state index contributed by atoms with van der Waals surface area (Å²) in [5.74, 6) is -5.24. The second-order valence-corrected chi connectivity index (χ2v) is 29.6. The highest BCUT2D eigenvalue weighted by atomic mass is 32.1. The first-order valence-electron chi connectivity index (χ1n) is 40.4. The number of aromatic nitrogens is 3. The number of hydrogen-bond donors (Lipinski definition) is 18. The molecule has 3 aromatic heterocycles. The quantitative estimate of drug-likeness (QED) is 0.0147. The summed E-state index contributed by atoms with van der Waals surface area (Å²) in [7, 11) is 0. The number of rotatable bonds is 64. The number of aromatic amines is 3. The van der Waals surface area contributed by atoms with Crippen molar-refractivity contribution >= 4 is 130 Å². The van der Waals surface area contributed by atoms with Gasteiger partial charge in [-0.15, -0.1) is 0 Å². The monoisotopic (exact) mass is 1720 g/mol. The van der Waals surface area contributed by atoms with Gasteiger partial charge in [0.15, 0.2) is 0 Å². The fourth-order valence-corrected chi connectivity index (χ4v) is 12.8. The summed E-state index contributed by atoms with van der Waals surface area (Å²) in [6.07, 6.45) is 4.32. The molecule has 0 aliphatic rings. The molecule has 0 bridgehead atoms. The zero-order chi connectivity index (χ0) is 86.1. The van der Waals surface area contributed by atoms with E-state index in [4.69, 9.17) is 53.1 Å². The van der Waals surface area contributed by atoms with E-state index in [1.807, 2.05) is 114 Å². The third kappa shape index (κ3) is 37.6. The molecule has 0 aliphatic heterocycles. The molecule has 16 N–H and O–H groups in total.